The Hall–Kier alpha value is -3.81. The van der Waals surface area contributed by atoms with Gasteiger partial charge in [0.2, 0.25) is 0 Å². The first-order valence-corrected chi connectivity index (χ1v) is 12.1. The molecule has 0 aliphatic rings. The number of halogens is 1. The molecule has 0 saturated carbocycles. The van der Waals surface area contributed by atoms with Crippen LogP contribution in [-0.4, -0.2) is 15.4 Å². The maximum atomic E-state index is 13.0. The van der Waals surface area contributed by atoms with Crippen LogP contribution in [0.3, 0.4) is 0 Å². The van der Waals surface area contributed by atoms with Gasteiger partial charge in [0.1, 0.15) is 5.75 Å². The first kappa shape index (κ1) is 20.8. The fraction of sp³-hybridized carbons (Fsp3) is 0. The highest BCUT2D eigenvalue weighted by Crippen LogP contribution is 2.28. The van der Waals surface area contributed by atoms with Gasteiger partial charge in [-0.3, -0.25) is 4.79 Å². The van der Waals surface area contributed by atoms with Crippen molar-refractivity contribution in [1.82, 2.24) is 9.38 Å². The molecule has 0 radical (unpaired) electrons. The van der Waals surface area contributed by atoms with Crippen LogP contribution < -0.4 is 14.8 Å². The minimum atomic E-state index is -0.428. The summed E-state index contributed by atoms with van der Waals surface area (Å²) in [6, 6.07) is 26.2. The molecule has 4 aromatic carbocycles. The maximum Gasteiger partial charge on any atom is 0.344 e. The van der Waals surface area contributed by atoms with E-state index in [1.807, 2.05) is 78.9 Å². The first-order chi connectivity index (χ1) is 16.6. The number of imidazole rings is 1. The molecule has 0 unspecified atom stereocenters. The Bertz CT molecular complexity index is 1850. The first-order valence-electron chi connectivity index (χ1n) is 10.5. The summed E-state index contributed by atoms with van der Waals surface area (Å²) in [5.41, 5.74) is 2.82. The van der Waals surface area contributed by atoms with E-state index in [-0.39, 0.29) is 5.56 Å². The lowest BCUT2D eigenvalue weighted by Crippen LogP contribution is -2.22. The summed E-state index contributed by atoms with van der Waals surface area (Å²) < 4.78 is 8.52. The van der Waals surface area contributed by atoms with Crippen molar-refractivity contribution >= 4 is 66.1 Å². The van der Waals surface area contributed by atoms with Gasteiger partial charge in [-0.2, -0.15) is 0 Å². The molecule has 0 aliphatic heterocycles. The van der Waals surface area contributed by atoms with Crippen LogP contribution in [0.1, 0.15) is 15.9 Å². The molecule has 6 rings (SSSR count). The van der Waals surface area contributed by atoms with E-state index in [0.717, 1.165) is 27.4 Å². The van der Waals surface area contributed by atoms with E-state index >= 15 is 0 Å². The van der Waals surface area contributed by atoms with Crippen molar-refractivity contribution in [3.05, 3.63) is 115 Å². The second-order valence-corrected chi connectivity index (χ2v) is 9.60. The van der Waals surface area contributed by atoms with Crippen molar-refractivity contribution in [2.45, 2.75) is 0 Å². The van der Waals surface area contributed by atoms with E-state index in [9.17, 15) is 9.59 Å². The van der Waals surface area contributed by atoms with Crippen LogP contribution in [0.15, 0.2) is 94.2 Å². The van der Waals surface area contributed by atoms with E-state index < -0.39 is 5.97 Å². The standard InChI is InChI=1S/C27H15BrN2O3S/c28-20-14-16(15-24-25(31)30-22-11-4-3-10-21(22)29-27(30)34-24)12-13-23(20)33-26(32)19-9-5-7-17-6-1-2-8-18(17)19/h1-15H/b24-15-. The molecule has 0 atom stereocenters. The molecule has 164 valence electrons. The quantitative estimate of drug-likeness (QED) is 0.222. The van der Waals surface area contributed by atoms with Crippen LogP contribution in [0.5, 0.6) is 5.75 Å². The lowest BCUT2D eigenvalue weighted by Gasteiger charge is -2.09. The van der Waals surface area contributed by atoms with Gasteiger partial charge in [0.05, 0.1) is 25.6 Å². The van der Waals surface area contributed by atoms with E-state index in [2.05, 4.69) is 20.9 Å². The van der Waals surface area contributed by atoms with Gasteiger partial charge in [0.25, 0.3) is 5.56 Å². The molecular formula is C27H15BrN2O3S. The van der Waals surface area contributed by atoms with Crippen LogP contribution in [0.4, 0.5) is 0 Å². The zero-order chi connectivity index (χ0) is 23.2. The maximum absolute atomic E-state index is 13.0. The molecule has 0 aliphatic carbocycles. The normalized spacial score (nSPS) is 12.1. The lowest BCUT2D eigenvalue weighted by atomic mass is 10.0. The van der Waals surface area contributed by atoms with Gasteiger partial charge in [-0.25, -0.2) is 14.2 Å². The molecule has 7 heteroatoms. The number of hydrogen-bond donors (Lipinski definition) is 0. The topological polar surface area (TPSA) is 60.7 Å². The SMILES string of the molecule is O=C(Oc1ccc(/C=c2\sc3nc4ccccc4n3c2=O)cc1Br)c1cccc2ccccc12. The van der Waals surface area contributed by atoms with Crippen molar-refractivity contribution in [1.29, 1.82) is 0 Å². The summed E-state index contributed by atoms with van der Waals surface area (Å²) in [7, 11) is 0. The Labute approximate surface area is 205 Å². The molecule has 0 spiro atoms. The van der Waals surface area contributed by atoms with Crippen LogP contribution in [0, 0.1) is 0 Å². The minimum absolute atomic E-state index is 0.101. The molecule has 6 aromatic rings. The van der Waals surface area contributed by atoms with Crippen LogP contribution in [-0.2, 0) is 0 Å². The van der Waals surface area contributed by atoms with Gasteiger partial charge >= 0.3 is 5.97 Å². The van der Waals surface area contributed by atoms with Crippen molar-refractivity contribution in [2.75, 3.05) is 0 Å². The second kappa shape index (κ2) is 8.20. The van der Waals surface area contributed by atoms with Crippen LogP contribution in [0.2, 0.25) is 0 Å². The summed E-state index contributed by atoms with van der Waals surface area (Å²) in [6.45, 7) is 0. The summed E-state index contributed by atoms with van der Waals surface area (Å²) in [5.74, 6) is -0.0214. The number of para-hydroxylation sites is 2. The summed E-state index contributed by atoms with van der Waals surface area (Å²) >= 11 is 4.85. The average Bonchev–Trinajstić information content (AvgIpc) is 3.36. The number of fused-ring (bicyclic) bond motifs is 4. The van der Waals surface area contributed by atoms with E-state index in [0.29, 0.717) is 25.3 Å². The smallest absolute Gasteiger partial charge is 0.344 e. The van der Waals surface area contributed by atoms with Gasteiger partial charge in [-0.1, -0.05) is 65.9 Å². The largest absolute Gasteiger partial charge is 0.422 e. The second-order valence-electron chi connectivity index (χ2n) is 7.74. The summed E-state index contributed by atoms with van der Waals surface area (Å²) in [4.78, 5) is 31.1. The fourth-order valence-corrected chi connectivity index (χ4v) is 5.48. The van der Waals surface area contributed by atoms with E-state index in [1.165, 1.54) is 11.3 Å². The predicted molar refractivity (Wildman–Crippen MR) is 139 cm³/mol. The number of rotatable bonds is 3. The highest BCUT2D eigenvalue weighted by atomic mass is 79.9. The van der Waals surface area contributed by atoms with Crippen molar-refractivity contribution in [3.63, 3.8) is 0 Å². The van der Waals surface area contributed by atoms with Crippen molar-refractivity contribution < 1.29 is 9.53 Å². The molecule has 0 amide bonds. The van der Waals surface area contributed by atoms with E-state index in [4.69, 9.17) is 4.74 Å². The Kier molecular flexibility index (Phi) is 5.01. The number of carbonyl (C=O) groups is 1. The van der Waals surface area contributed by atoms with Gasteiger partial charge in [0.15, 0.2) is 4.96 Å². The molecule has 5 nitrogen and oxygen atoms in total. The number of nitrogens with zero attached hydrogens (tertiary/aromatic N) is 2. The minimum Gasteiger partial charge on any atom is -0.422 e. The van der Waals surface area contributed by atoms with Gasteiger partial charge < -0.3 is 4.74 Å². The Morgan fingerprint density at radius 1 is 0.971 bits per heavy atom. The number of ether oxygens (including phenoxy) is 1. The summed E-state index contributed by atoms with van der Waals surface area (Å²) in [5, 5.41) is 1.82. The summed E-state index contributed by atoms with van der Waals surface area (Å²) in [6.07, 6.45) is 1.82. The van der Waals surface area contributed by atoms with Gasteiger partial charge in [0, 0.05) is 0 Å². The van der Waals surface area contributed by atoms with Crippen molar-refractivity contribution in [2.24, 2.45) is 0 Å². The monoisotopic (exact) mass is 526 g/mol. The van der Waals surface area contributed by atoms with Gasteiger partial charge in [-0.15, -0.1) is 0 Å². The number of carbonyl (C=O) groups excluding carboxylic acids is 1. The third-order valence-electron chi connectivity index (χ3n) is 5.61. The predicted octanol–water partition coefficient (Wildman–Crippen LogP) is 5.59. The number of thiazole rings is 1. The Morgan fingerprint density at radius 2 is 1.76 bits per heavy atom. The molecule has 34 heavy (non-hydrogen) atoms. The van der Waals surface area contributed by atoms with Gasteiger partial charge in [-0.05, 0) is 68.7 Å². The third kappa shape index (κ3) is 3.50. The number of aromatic nitrogens is 2. The highest BCUT2D eigenvalue weighted by molar-refractivity contribution is 9.10. The number of esters is 1. The molecule has 2 heterocycles. The molecule has 2 aromatic heterocycles. The van der Waals surface area contributed by atoms with Crippen LogP contribution >= 0.6 is 27.3 Å². The molecule has 0 bridgehead atoms. The van der Waals surface area contributed by atoms with E-state index in [1.54, 1.807) is 16.5 Å². The fourth-order valence-electron chi connectivity index (χ4n) is 4.01. The lowest BCUT2D eigenvalue weighted by molar-refractivity contribution is 0.0735. The third-order valence-corrected chi connectivity index (χ3v) is 7.20. The number of benzene rings is 4. The number of hydrogen-bond acceptors (Lipinski definition) is 5. The average molecular weight is 527 g/mol. The zero-order valence-corrected chi connectivity index (χ0v) is 20.0. The molecule has 0 N–H and O–H groups in total. The zero-order valence-electron chi connectivity index (χ0n) is 17.6. The molecule has 0 saturated heterocycles. The highest BCUT2D eigenvalue weighted by Gasteiger charge is 2.15. The van der Waals surface area contributed by atoms with Crippen molar-refractivity contribution in [3.8, 4) is 5.75 Å². The van der Waals surface area contributed by atoms with Crippen LogP contribution in [0.25, 0.3) is 32.8 Å². The Balaban J connectivity index is 1.33. The molecule has 0 fully saturated rings. The molecular weight excluding hydrogens is 512 g/mol. The Morgan fingerprint density at radius 3 is 2.65 bits per heavy atom.